The highest BCUT2D eigenvalue weighted by Crippen LogP contribution is 2.31. The van der Waals surface area contributed by atoms with Gasteiger partial charge in [0.25, 0.3) is 0 Å². The van der Waals surface area contributed by atoms with Crippen LogP contribution in [0.2, 0.25) is 0 Å². The molecule has 0 aromatic carbocycles. The molecule has 0 aromatic rings. The summed E-state index contributed by atoms with van der Waals surface area (Å²) in [5.74, 6) is 0.536. The lowest BCUT2D eigenvalue weighted by atomic mass is 9.77. The minimum atomic E-state index is -0.237. The quantitative estimate of drug-likeness (QED) is 0.543. The van der Waals surface area contributed by atoms with Crippen LogP contribution in [0.3, 0.4) is 0 Å². The first kappa shape index (κ1) is 16.9. The van der Waals surface area contributed by atoms with Crippen LogP contribution in [0.5, 0.6) is 0 Å². The summed E-state index contributed by atoms with van der Waals surface area (Å²) < 4.78 is 0. The van der Waals surface area contributed by atoms with Crippen molar-refractivity contribution in [3.8, 4) is 0 Å². The van der Waals surface area contributed by atoms with Crippen LogP contribution in [-0.4, -0.2) is 23.4 Å². The lowest BCUT2D eigenvalue weighted by molar-refractivity contribution is 0.0275. The minimum absolute atomic E-state index is 0.122. The third-order valence-corrected chi connectivity index (χ3v) is 3.57. The monoisotopic (exact) mass is 244 g/mol. The Morgan fingerprint density at radius 2 is 1.41 bits per heavy atom. The van der Waals surface area contributed by atoms with Gasteiger partial charge >= 0.3 is 0 Å². The summed E-state index contributed by atoms with van der Waals surface area (Å²) in [7, 11) is 0. The van der Waals surface area contributed by atoms with E-state index in [1.807, 2.05) is 0 Å². The minimum Gasteiger partial charge on any atom is -0.396 e. The Balaban J connectivity index is 3.84. The zero-order valence-corrected chi connectivity index (χ0v) is 12.0. The molecule has 0 amide bonds. The van der Waals surface area contributed by atoms with E-state index in [-0.39, 0.29) is 18.6 Å². The van der Waals surface area contributed by atoms with Gasteiger partial charge in [0.05, 0.1) is 13.2 Å². The summed E-state index contributed by atoms with van der Waals surface area (Å²) in [6.45, 7) is 6.78. The Hall–Kier alpha value is -0.0800. The second-order valence-corrected chi connectivity index (χ2v) is 5.93. The molecule has 0 bridgehead atoms. The standard InChI is InChI=1S/C15H32O2/c1-4-5-6-7-8-9-10-15(12-16,13-17)11-14(2)3/h14,16-17H,4-13H2,1-3H3. The van der Waals surface area contributed by atoms with Gasteiger partial charge in [0.15, 0.2) is 0 Å². The predicted molar refractivity (Wildman–Crippen MR) is 74.1 cm³/mol. The van der Waals surface area contributed by atoms with Crippen molar-refractivity contribution in [2.24, 2.45) is 11.3 Å². The summed E-state index contributed by atoms with van der Waals surface area (Å²) in [5.41, 5.74) is -0.237. The highest BCUT2D eigenvalue weighted by atomic mass is 16.3. The van der Waals surface area contributed by atoms with Gasteiger partial charge in [0.2, 0.25) is 0 Å². The second kappa shape index (κ2) is 9.90. The van der Waals surface area contributed by atoms with Crippen LogP contribution in [0.4, 0.5) is 0 Å². The molecule has 0 aliphatic rings. The van der Waals surface area contributed by atoms with Crippen molar-refractivity contribution in [1.82, 2.24) is 0 Å². The normalized spacial score (nSPS) is 12.4. The van der Waals surface area contributed by atoms with E-state index in [1.54, 1.807) is 0 Å². The molecule has 2 nitrogen and oxygen atoms in total. The maximum Gasteiger partial charge on any atom is 0.0509 e. The maximum absolute atomic E-state index is 9.51. The molecule has 0 aliphatic heterocycles. The zero-order valence-electron chi connectivity index (χ0n) is 12.0. The predicted octanol–water partition coefficient (Wildman–Crippen LogP) is 3.75. The van der Waals surface area contributed by atoms with Gasteiger partial charge in [0, 0.05) is 5.41 Å². The summed E-state index contributed by atoms with van der Waals surface area (Å²) >= 11 is 0. The molecule has 0 aromatic heterocycles. The number of aliphatic hydroxyl groups excluding tert-OH is 2. The van der Waals surface area contributed by atoms with Gasteiger partial charge in [-0.1, -0.05) is 59.3 Å². The molecule has 2 N–H and O–H groups in total. The average Bonchev–Trinajstić information content (AvgIpc) is 2.31. The molecule has 104 valence electrons. The molecular weight excluding hydrogens is 212 g/mol. The van der Waals surface area contributed by atoms with E-state index >= 15 is 0 Å². The topological polar surface area (TPSA) is 40.5 Å². The molecule has 0 heterocycles. The van der Waals surface area contributed by atoms with Gasteiger partial charge in [-0.3, -0.25) is 0 Å². The molecule has 0 unspecified atom stereocenters. The second-order valence-electron chi connectivity index (χ2n) is 5.93. The van der Waals surface area contributed by atoms with Crippen LogP contribution in [0, 0.1) is 11.3 Å². The van der Waals surface area contributed by atoms with E-state index in [0.717, 1.165) is 19.3 Å². The van der Waals surface area contributed by atoms with E-state index in [4.69, 9.17) is 0 Å². The van der Waals surface area contributed by atoms with Gasteiger partial charge in [-0.25, -0.2) is 0 Å². The zero-order chi connectivity index (χ0) is 13.1. The van der Waals surface area contributed by atoms with Gasteiger partial charge in [-0.15, -0.1) is 0 Å². The van der Waals surface area contributed by atoms with E-state index < -0.39 is 0 Å². The molecule has 0 aliphatic carbocycles. The summed E-state index contributed by atoms with van der Waals surface area (Å²) in [5, 5.41) is 19.0. The van der Waals surface area contributed by atoms with Crippen LogP contribution in [0.15, 0.2) is 0 Å². The first-order chi connectivity index (χ1) is 8.10. The maximum atomic E-state index is 9.51. The molecule has 2 heteroatoms. The van der Waals surface area contributed by atoms with Crippen LogP contribution >= 0.6 is 0 Å². The third kappa shape index (κ3) is 7.77. The van der Waals surface area contributed by atoms with Crippen LogP contribution < -0.4 is 0 Å². The number of hydrogen-bond donors (Lipinski definition) is 2. The van der Waals surface area contributed by atoms with Crippen molar-refractivity contribution in [3.05, 3.63) is 0 Å². The summed E-state index contributed by atoms with van der Waals surface area (Å²) in [6, 6.07) is 0. The Morgan fingerprint density at radius 3 is 1.88 bits per heavy atom. The molecule has 0 saturated heterocycles. The van der Waals surface area contributed by atoms with Crippen LogP contribution in [0.25, 0.3) is 0 Å². The molecule has 0 fully saturated rings. The first-order valence-corrected chi connectivity index (χ1v) is 7.32. The smallest absolute Gasteiger partial charge is 0.0509 e. The average molecular weight is 244 g/mol. The van der Waals surface area contributed by atoms with Crippen molar-refractivity contribution in [3.63, 3.8) is 0 Å². The fraction of sp³-hybridized carbons (Fsp3) is 1.00. The number of hydrogen-bond acceptors (Lipinski definition) is 2. The van der Waals surface area contributed by atoms with Crippen molar-refractivity contribution in [2.75, 3.05) is 13.2 Å². The fourth-order valence-corrected chi connectivity index (χ4v) is 2.59. The van der Waals surface area contributed by atoms with Gasteiger partial charge < -0.3 is 10.2 Å². The fourth-order valence-electron chi connectivity index (χ4n) is 2.59. The van der Waals surface area contributed by atoms with E-state index in [9.17, 15) is 10.2 Å². The van der Waals surface area contributed by atoms with E-state index in [1.165, 1.54) is 32.1 Å². The van der Waals surface area contributed by atoms with E-state index in [2.05, 4.69) is 20.8 Å². The van der Waals surface area contributed by atoms with Crippen LogP contribution in [0.1, 0.15) is 72.1 Å². The first-order valence-electron chi connectivity index (χ1n) is 7.32. The number of rotatable bonds is 11. The van der Waals surface area contributed by atoms with Crippen molar-refractivity contribution < 1.29 is 10.2 Å². The highest BCUT2D eigenvalue weighted by Gasteiger charge is 2.28. The molecule has 0 rings (SSSR count). The molecule has 17 heavy (non-hydrogen) atoms. The molecule has 0 spiro atoms. The van der Waals surface area contributed by atoms with Gasteiger partial charge in [0.1, 0.15) is 0 Å². The third-order valence-electron chi connectivity index (χ3n) is 3.57. The number of aliphatic hydroxyl groups is 2. The van der Waals surface area contributed by atoms with Gasteiger partial charge in [-0.2, -0.15) is 0 Å². The Bertz CT molecular complexity index is 162. The Morgan fingerprint density at radius 1 is 0.882 bits per heavy atom. The molecule has 0 saturated carbocycles. The van der Waals surface area contributed by atoms with Crippen molar-refractivity contribution >= 4 is 0 Å². The Kier molecular flexibility index (Phi) is 9.85. The Labute approximate surface area is 107 Å². The van der Waals surface area contributed by atoms with E-state index in [0.29, 0.717) is 5.92 Å². The van der Waals surface area contributed by atoms with Crippen LogP contribution in [-0.2, 0) is 0 Å². The molecule has 0 radical (unpaired) electrons. The SMILES string of the molecule is CCCCCCCCC(CO)(CO)CC(C)C. The lowest BCUT2D eigenvalue weighted by Gasteiger charge is -2.31. The summed E-state index contributed by atoms with van der Waals surface area (Å²) in [6.07, 6.45) is 9.49. The number of unbranched alkanes of at least 4 members (excludes halogenated alkanes) is 5. The van der Waals surface area contributed by atoms with Gasteiger partial charge in [-0.05, 0) is 18.8 Å². The lowest BCUT2D eigenvalue weighted by Crippen LogP contribution is -2.31. The van der Waals surface area contributed by atoms with Crippen molar-refractivity contribution in [2.45, 2.75) is 72.1 Å². The summed E-state index contributed by atoms with van der Waals surface area (Å²) in [4.78, 5) is 0. The largest absolute Gasteiger partial charge is 0.396 e. The molecular formula is C15H32O2. The highest BCUT2D eigenvalue weighted by molar-refractivity contribution is 4.79. The molecule has 0 atom stereocenters. The van der Waals surface area contributed by atoms with Crippen molar-refractivity contribution in [1.29, 1.82) is 0 Å².